The molecule has 1 saturated heterocycles. The molecule has 0 spiro atoms. The van der Waals surface area contributed by atoms with Crippen molar-refractivity contribution in [3.8, 4) is 0 Å². The van der Waals surface area contributed by atoms with E-state index in [1.54, 1.807) is 12.3 Å². The number of benzene rings is 1. The van der Waals surface area contributed by atoms with Gasteiger partial charge in [0.2, 0.25) is 0 Å². The van der Waals surface area contributed by atoms with Crippen molar-refractivity contribution in [3.63, 3.8) is 0 Å². The van der Waals surface area contributed by atoms with Gasteiger partial charge in [0, 0.05) is 31.5 Å². The maximum absolute atomic E-state index is 13.5. The monoisotopic (exact) mass is 472 g/mol. The second kappa shape index (κ2) is 8.87. The fourth-order valence-corrected chi connectivity index (χ4v) is 5.03. The van der Waals surface area contributed by atoms with E-state index in [0.29, 0.717) is 25.4 Å². The van der Waals surface area contributed by atoms with Crippen LogP contribution in [0.15, 0.2) is 50.7 Å². The van der Waals surface area contributed by atoms with Crippen LogP contribution in [0.3, 0.4) is 0 Å². The molecule has 1 fully saturated rings. The van der Waals surface area contributed by atoms with Crippen molar-refractivity contribution >= 4 is 23.0 Å². The molecule has 0 saturated carbocycles. The van der Waals surface area contributed by atoms with Gasteiger partial charge in [0.1, 0.15) is 10.8 Å². The molecule has 5 rings (SSSR count). The van der Waals surface area contributed by atoms with Gasteiger partial charge in [0.25, 0.3) is 5.56 Å². The van der Waals surface area contributed by atoms with Crippen LogP contribution < -0.4 is 15.4 Å². The highest BCUT2D eigenvalue weighted by atomic mass is 35.5. The molecule has 0 bridgehead atoms. The van der Waals surface area contributed by atoms with Crippen molar-refractivity contribution in [3.05, 3.63) is 62.4 Å². The van der Waals surface area contributed by atoms with Gasteiger partial charge in [-0.05, 0) is 56.4 Å². The predicted molar refractivity (Wildman–Crippen MR) is 124 cm³/mol. The second-order valence-electron chi connectivity index (χ2n) is 8.69. The number of hydrogen-bond acceptors (Lipinski definition) is 7. The summed E-state index contributed by atoms with van der Waals surface area (Å²) < 4.78 is 20.6. The Kier molecular flexibility index (Phi) is 5.92. The molecule has 0 amide bonds. The highest BCUT2D eigenvalue weighted by molar-refractivity contribution is 6.33. The number of nitrogens with zero attached hydrogens (tertiary/aromatic N) is 6. The lowest BCUT2D eigenvalue weighted by Crippen LogP contribution is -2.38. The highest BCUT2D eigenvalue weighted by Gasteiger charge is 2.33. The normalized spacial score (nSPS) is 22.6. The van der Waals surface area contributed by atoms with Gasteiger partial charge in [0.15, 0.2) is 12.4 Å². The number of hydrogen-bond donors (Lipinski definition) is 0. The number of likely N-dealkylation sites (N-methyl/N-ethyl adjacent to an activating group) is 1. The lowest BCUT2D eigenvalue weighted by atomic mass is 10.0. The van der Waals surface area contributed by atoms with Crippen LogP contribution >= 0.6 is 11.6 Å². The summed E-state index contributed by atoms with van der Waals surface area (Å²) in [6, 6.07) is 4.74. The van der Waals surface area contributed by atoms with Crippen molar-refractivity contribution < 1.29 is 9.13 Å². The first-order chi connectivity index (χ1) is 15.9. The summed E-state index contributed by atoms with van der Waals surface area (Å²) in [6.07, 6.45) is 4.53. The van der Waals surface area contributed by atoms with Crippen LogP contribution in [0.1, 0.15) is 37.5 Å². The van der Waals surface area contributed by atoms with Crippen LogP contribution in [0.4, 0.5) is 15.8 Å². The Labute approximate surface area is 196 Å². The number of halogens is 2. The Morgan fingerprint density at radius 3 is 2.91 bits per heavy atom. The number of azo groups is 1. The van der Waals surface area contributed by atoms with E-state index in [2.05, 4.69) is 15.3 Å². The van der Waals surface area contributed by atoms with Gasteiger partial charge in [-0.25, -0.2) is 4.39 Å². The molecule has 2 unspecified atom stereocenters. The Bertz CT molecular complexity index is 1190. The molecule has 8 nitrogen and oxygen atoms in total. The molecule has 2 atom stereocenters. The molecule has 3 aliphatic heterocycles. The maximum Gasteiger partial charge on any atom is 0.290 e. The minimum Gasteiger partial charge on any atom is -0.363 e. The zero-order valence-corrected chi connectivity index (χ0v) is 19.4. The Morgan fingerprint density at radius 2 is 2.15 bits per heavy atom. The zero-order valence-electron chi connectivity index (χ0n) is 18.7. The molecule has 1 aromatic carbocycles. The van der Waals surface area contributed by atoms with Crippen LogP contribution in [0, 0.1) is 12.7 Å². The summed E-state index contributed by atoms with van der Waals surface area (Å²) in [4.78, 5) is 16.9. The first-order valence-electron chi connectivity index (χ1n) is 11.2. The number of aryl methyl sites for hydroxylation is 1. The Hall–Kier alpha value is -2.78. The molecule has 0 radical (unpaired) electrons. The van der Waals surface area contributed by atoms with E-state index >= 15 is 0 Å². The summed E-state index contributed by atoms with van der Waals surface area (Å²) in [5.74, 6) is -0.256. The van der Waals surface area contributed by atoms with E-state index in [0.717, 1.165) is 48.2 Å². The van der Waals surface area contributed by atoms with Crippen LogP contribution in [0.25, 0.3) is 0 Å². The SMILES string of the molecule is Cc1cc(F)ccc1N(C)C1N=NC2=C1CCN(c1cnn(C3CCCCO3)c(=O)c1Cl)C2. The number of aromatic nitrogens is 2. The van der Waals surface area contributed by atoms with Crippen molar-refractivity contribution in [2.24, 2.45) is 10.2 Å². The van der Waals surface area contributed by atoms with Gasteiger partial charge >= 0.3 is 0 Å². The summed E-state index contributed by atoms with van der Waals surface area (Å²) in [5.41, 5.74) is 4.02. The van der Waals surface area contributed by atoms with Crippen molar-refractivity contribution in [2.45, 2.75) is 45.0 Å². The lowest BCUT2D eigenvalue weighted by molar-refractivity contribution is -0.0424. The molecular weight excluding hydrogens is 447 g/mol. The number of rotatable bonds is 4. The van der Waals surface area contributed by atoms with Crippen LogP contribution in [0.5, 0.6) is 0 Å². The minimum atomic E-state index is -0.358. The molecule has 2 aromatic rings. The molecular formula is C23H26ClFN6O2. The van der Waals surface area contributed by atoms with E-state index in [1.807, 2.05) is 23.8 Å². The number of anilines is 2. The zero-order chi connectivity index (χ0) is 23.1. The molecule has 1 aromatic heterocycles. The Balaban J connectivity index is 1.36. The third-order valence-corrected chi connectivity index (χ3v) is 6.92. The first-order valence-corrected chi connectivity index (χ1v) is 11.6. The molecule has 4 heterocycles. The molecule has 0 aliphatic carbocycles. The average Bonchev–Trinajstić information content (AvgIpc) is 3.24. The topological polar surface area (TPSA) is 75.3 Å². The third kappa shape index (κ3) is 4.04. The van der Waals surface area contributed by atoms with Crippen LogP contribution in [-0.2, 0) is 4.74 Å². The maximum atomic E-state index is 13.5. The molecule has 174 valence electrons. The molecule has 33 heavy (non-hydrogen) atoms. The summed E-state index contributed by atoms with van der Waals surface area (Å²) in [7, 11) is 1.94. The van der Waals surface area contributed by atoms with E-state index in [1.165, 1.54) is 16.8 Å². The van der Waals surface area contributed by atoms with Crippen molar-refractivity contribution in [1.82, 2.24) is 9.78 Å². The second-order valence-corrected chi connectivity index (χ2v) is 9.07. The van der Waals surface area contributed by atoms with Gasteiger partial charge in [-0.3, -0.25) is 4.79 Å². The first kappa shape index (κ1) is 22.0. The van der Waals surface area contributed by atoms with Crippen molar-refractivity contribution in [2.75, 3.05) is 36.5 Å². The van der Waals surface area contributed by atoms with E-state index in [4.69, 9.17) is 16.3 Å². The molecule has 0 N–H and O–H groups in total. The summed E-state index contributed by atoms with van der Waals surface area (Å²) in [6.45, 7) is 3.67. The quantitative estimate of drug-likeness (QED) is 0.657. The van der Waals surface area contributed by atoms with E-state index in [9.17, 15) is 9.18 Å². The predicted octanol–water partition coefficient (Wildman–Crippen LogP) is 4.44. The number of ether oxygens (including phenoxy) is 1. The van der Waals surface area contributed by atoms with Gasteiger partial charge < -0.3 is 14.5 Å². The van der Waals surface area contributed by atoms with Crippen LogP contribution in [-0.4, -0.2) is 42.7 Å². The van der Waals surface area contributed by atoms with Crippen molar-refractivity contribution in [1.29, 1.82) is 0 Å². The molecule has 3 aliphatic rings. The van der Waals surface area contributed by atoms with Gasteiger partial charge in [-0.1, -0.05) is 11.6 Å². The summed E-state index contributed by atoms with van der Waals surface area (Å²) >= 11 is 6.50. The Morgan fingerprint density at radius 1 is 1.30 bits per heavy atom. The highest BCUT2D eigenvalue weighted by Crippen LogP contribution is 2.36. The van der Waals surface area contributed by atoms with Gasteiger partial charge in [-0.15, -0.1) is 0 Å². The fraction of sp³-hybridized carbons (Fsp3) is 0.478. The van der Waals surface area contributed by atoms with E-state index < -0.39 is 0 Å². The lowest BCUT2D eigenvalue weighted by Gasteiger charge is -2.33. The fourth-order valence-electron chi connectivity index (χ4n) is 4.77. The van der Waals surface area contributed by atoms with Crippen LogP contribution in [0.2, 0.25) is 5.02 Å². The summed E-state index contributed by atoms with van der Waals surface area (Å²) in [5, 5.41) is 13.4. The smallest absolute Gasteiger partial charge is 0.290 e. The average molecular weight is 473 g/mol. The van der Waals surface area contributed by atoms with Gasteiger partial charge in [-0.2, -0.15) is 20.0 Å². The third-order valence-electron chi connectivity index (χ3n) is 6.56. The minimum absolute atomic E-state index is 0.147. The van der Waals surface area contributed by atoms with Gasteiger partial charge in [0.05, 0.1) is 24.1 Å². The largest absolute Gasteiger partial charge is 0.363 e. The van der Waals surface area contributed by atoms with E-state index in [-0.39, 0.29) is 28.8 Å². The molecule has 10 heteroatoms. The standard InChI is InChI=1S/C23H26ClFN6O2/c1-14-11-15(25)6-7-18(14)29(2)22-16-8-9-30(13-17(16)27-28-22)19-12-26-31(23(32)21(19)24)20-5-3-4-10-33-20/h6-7,11-12,20,22H,3-5,8-10,13H2,1-2H3.